The molecule has 1 saturated heterocycles. The first-order valence-electron chi connectivity index (χ1n) is 20.4. The number of aryl methyl sites for hydroxylation is 1. The molecule has 7 rings (SSSR count). The van der Waals surface area contributed by atoms with E-state index >= 15 is 0 Å². The first kappa shape index (κ1) is 35.5. The van der Waals surface area contributed by atoms with Gasteiger partial charge in [0.05, 0.1) is 19.7 Å². The third kappa shape index (κ3) is 7.25. The topological polar surface area (TPSA) is 59.1 Å². The Morgan fingerprint density at radius 1 is 0.900 bits per heavy atom. The van der Waals surface area contributed by atoms with E-state index in [1.165, 1.54) is 93.7 Å². The van der Waals surface area contributed by atoms with Crippen LogP contribution in [0.2, 0.25) is 0 Å². The van der Waals surface area contributed by atoms with Gasteiger partial charge in [-0.15, -0.1) is 0 Å². The third-order valence-corrected chi connectivity index (χ3v) is 13.4. The van der Waals surface area contributed by atoms with E-state index in [0.29, 0.717) is 36.8 Å². The van der Waals surface area contributed by atoms with Crippen molar-refractivity contribution in [1.82, 2.24) is 9.80 Å². The Morgan fingerprint density at radius 3 is 2.38 bits per heavy atom. The normalized spacial score (nSPS) is 27.0. The Bertz CT molecular complexity index is 1450. The lowest BCUT2D eigenvalue weighted by Crippen LogP contribution is -2.69. The summed E-state index contributed by atoms with van der Waals surface area (Å²) < 4.78 is 13.1. The summed E-state index contributed by atoms with van der Waals surface area (Å²) in [6.07, 6.45) is 22.0. The fourth-order valence-corrected chi connectivity index (χ4v) is 11.1. The zero-order chi connectivity index (χ0) is 34.5. The zero-order valence-electron chi connectivity index (χ0n) is 31.0. The molecule has 3 fully saturated rings. The van der Waals surface area contributed by atoms with Crippen LogP contribution >= 0.6 is 0 Å². The van der Waals surface area contributed by atoms with Gasteiger partial charge >= 0.3 is 0 Å². The molecule has 3 aliphatic carbocycles. The highest BCUT2D eigenvalue weighted by atomic mass is 16.5. The SMILES string of the molecule is COc1ccc2c3c1O[C@H]1[C@@H](N(CC4CCCCC4)C(=O)CCCCCCCCCCc4ccccc4)CC[C@H]4[C@@H](C2)N(CC(C)=O)CC[C@@]341. The first-order valence-corrected chi connectivity index (χ1v) is 20.4. The van der Waals surface area contributed by atoms with Gasteiger partial charge in [-0.2, -0.15) is 0 Å². The summed E-state index contributed by atoms with van der Waals surface area (Å²) in [5.41, 5.74) is 4.07. The van der Waals surface area contributed by atoms with Gasteiger partial charge in [-0.25, -0.2) is 0 Å². The average Bonchev–Trinajstić information content (AvgIpc) is 3.48. The van der Waals surface area contributed by atoms with Crippen LogP contribution in [0.4, 0.5) is 0 Å². The number of rotatable bonds is 17. The molecule has 2 aromatic rings. The van der Waals surface area contributed by atoms with Crippen molar-refractivity contribution in [2.75, 3.05) is 26.7 Å². The number of likely N-dealkylation sites (tertiary alicyclic amines) is 1. The van der Waals surface area contributed by atoms with Crippen LogP contribution < -0.4 is 9.47 Å². The lowest BCUT2D eigenvalue weighted by Gasteiger charge is -2.60. The number of amides is 1. The number of hydrogen-bond acceptors (Lipinski definition) is 5. The molecule has 0 aromatic heterocycles. The highest BCUT2D eigenvalue weighted by Crippen LogP contribution is 2.64. The Kier molecular flexibility index (Phi) is 11.5. The molecule has 2 aliphatic heterocycles. The number of Topliss-reactive ketones (excluding diaryl/α,β-unsaturated/α-hetero) is 1. The fraction of sp³-hybridized carbons (Fsp3) is 0.682. The van der Waals surface area contributed by atoms with Crippen molar-refractivity contribution in [3.05, 3.63) is 59.2 Å². The van der Waals surface area contributed by atoms with Crippen molar-refractivity contribution in [3.63, 3.8) is 0 Å². The zero-order valence-corrected chi connectivity index (χ0v) is 31.0. The van der Waals surface area contributed by atoms with Gasteiger partial charge in [-0.1, -0.05) is 94.2 Å². The molecule has 1 spiro atoms. The summed E-state index contributed by atoms with van der Waals surface area (Å²) in [5.74, 6) is 3.40. The molecule has 2 bridgehead atoms. The minimum atomic E-state index is -0.121. The molecule has 50 heavy (non-hydrogen) atoms. The molecule has 2 heterocycles. The summed E-state index contributed by atoms with van der Waals surface area (Å²) in [4.78, 5) is 31.6. The van der Waals surface area contributed by atoms with Gasteiger partial charge in [-0.3, -0.25) is 14.5 Å². The Morgan fingerprint density at radius 2 is 1.64 bits per heavy atom. The molecule has 2 aromatic carbocycles. The van der Waals surface area contributed by atoms with Crippen molar-refractivity contribution in [2.24, 2.45) is 11.8 Å². The number of hydrogen-bond donors (Lipinski definition) is 0. The van der Waals surface area contributed by atoms with Gasteiger partial charge in [0.15, 0.2) is 11.5 Å². The van der Waals surface area contributed by atoms with Crippen LogP contribution in [0.1, 0.15) is 133 Å². The van der Waals surface area contributed by atoms with Crippen molar-refractivity contribution in [1.29, 1.82) is 0 Å². The number of carbonyl (C=O) groups is 2. The molecule has 5 atom stereocenters. The minimum absolute atomic E-state index is 0.0528. The number of benzene rings is 2. The Balaban J connectivity index is 1.01. The molecular weight excluding hydrogens is 620 g/mol. The Labute approximate surface area is 301 Å². The molecule has 272 valence electrons. The van der Waals surface area contributed by atoms with Gasteiger partial charge in [0.25, 0.3) is 0 Å². The smallest absolute Gasteiger partial charge is 0.222 e. The molecule has 0 radical (unpaired) electrons. The summed E-state index contributed by atoms with van der Waals surface area (Å²) in [6, 6.07) is 15.6. The maximum Gasteiger partial charge on any atom is 0.222 e. The largest absolute Gasteiger partial charge is 0.493 e. The lowest BCUT2D eigenvalue weighted by atomic mass is 9.51. The van der Waals surface area contributed by atoms with Crippen LogP contribution in [-0.2, 0) is 27.8 Å². The van der Waals surface area contributed by atoms with Crippen LogP contribution in [0.15, 0.2) is 42.5 Å². The maximum absolute atomic E-state index is 14.4. The lowest BCUT2D eigenvalue weighted by molar-refractivity contribution is -0.145. The summed E-state index contributed by atoms with van der Waals surface area (Å²) >= 11 is 0. The number of nitrogens with zero attached hydrogens (tertiary/aromatic N) is 2. The van der Waals surface area contributed by atoms with Crippen molar-refractivity contribution < 1.29 is 19.1 Å². The monoisotopic (exact) mass is 682 g/mol. The van der Waals surface area contributed by atoms with Crippen molar-refractivity contribution in [3.8, 4) is 11.5 Å². The second-order valence-corrected chi connectivity index (χ2v) is 16.5. The first-order chi connectivity index (χ1) is 24.5. The molecular formula is C44H62N2O4. The van der Waals surface area contributed by atoms with Gasteiger partial charge in [-0.05, 0) is 100 Å². The number of piperidine rings is 1. The number of unbranched alkanes of at least 4 members (excludes halogenated alkanes) is 7. The van der Waals surface area contributed by atoms with Gasteiger partial charge in [0, 0.05) is 30.0 Å². The van der Waals surface area contributed by atoms with E-state index in [0.717, 1.165) is 63.1 Å². The average molecular weight is 683 g/mol. The van der Waals surface area contributed by atoms with Crippen LogP contribution in [-0.4, -0.2) is 66.4 Å². The van der Waals surface area contributed by atoms with E-state index in [4.69, 9.17) is 9.47 Å². The summed E-state index contributed by atoms with van der Waals surface area (Å²) in [5, 5.41) is 0. The van der Waals surface area contributed by atoms with E-state index in [2.05, 4.69) is 52.3 Å². The number of ketones is 1. The molecule has 6 heteroatoms. The quantitative estimate of drug-likeness (QED) is 0.156. The fourth-order valence-electron chi connectivity index (χ4n) is 11.1. The van der Waals surface area contributed by atoms with Crippen molar-refractivity contribution in [2.45, 2.75) is 153 Å². The molecule has 1 amide bonds. The third-order valence-electron chi connectivity index (χ3n) is 13.4. The van der Waals surface area contributed by atoms with Crippen LogP contribution in [0.3, 0.4) is 0 Å². The Hall–Kier alpha value is -2.86. The molecule has 5 aliphatic rings. The summed E-state index contributed by atoms with van der Waals surface area (Å²) in [6.45, 7) is 4.05. The second kappa shape index (κ2) is 16.2. The van der Waals surface area contributed by atoms with E-state index in [9.17, 15) is 9.59 Å². The van der Waals surface area contributed by atoms with E-state index in [1.807, 2.05) is 0 Å². The van der Waals surface area contributed by atoms with Crippen LogP contribution in [0.5, 0.6) is 11.5 Å². The van der Waals surface area contributed by atoms with E-state index < -0.39 is 0 Å². The molecule has 2 saturated carbocycles. The van der Waals surface area contributed by atoms with Gasteiger partial charge < -0.3 is 14.4 Å². The molecule has 0 N–H and O–H groups in total. The van der Waals surface area contributed by atoms with Crippen molar-refractivity contribution >= 4 is 11.7 Å². The van der Waals surface area contributed by atoms with E-state index in [-0.39, 0.29) is 23.3 Å². The number of carbonyl (C=O) groups excluding carboxylic acids is 2. The molecule has 0 unspecified atom stereocenters. The van der Waals surface area contributed by atoms with Gasteiger partial charge in [0.1, 0.15) is 11.9 Å². The summed E-state index contributed by atoms with van der Waals surface area (Å²) in [7, 11) is 1.75. The number of methoxy groups -OCH3 is 1. The van der Waals surface area contributed by atoms with Crippen LogP contribution in [0.25, 0.3) is 0 Å². The maximum atomic E-state index is 14.4. The standard InChI is InChI=1S/C44H62N2O4/c1-32(47)30-45-28-27-44-36-24-25-37(43(44)50-42-39(49-2)26-23-35(41(42)44)29-38(36)45)46(31-34-20-14-10-15-21-34)40(48)22-16-8-6-4-3-5-7-11-17-33-18-12-9-13-19-33/h9,12-13,18-19,23,26,34,36-38,43H,3-8,10-11,14-17,20-22,24-25,27-31H2,1-2H3/t36-,37-,38+,43-,44-/m0/s1. The molecule has 6 nitrogen and oxygen atoms in total. The highest BCUT2D eigenvalue weighted by Gasteiger charge is 2.66. The number of ether oxygens (including phenoxy) is 2. The highest BCUT2D eigenvalue weighted by molar-refractivity contribution is 5.78. The van der Waals surface area contributed by atoms with E-state index in [1.54, 1.807) is 14.0 Å². The van der Waals surface area contributed by atoms with Crippen LogP contribution in [0, 0.1) is 11.8 Å². The predicted molar refractivity (Wildman–Crippen MR) is 200 cm³/mol. The van der Waals surface area contributed by atoms with Gasteiger partial charge in [0.2, 0.25) is 5.91 Å². The minimum Gasteiger partial charge on any atom is -0.493 e. The predicted octanol–water partition coefficient (Wildman–Crippen LogP) is 8.85. The second-order valence-electron chi connectivity index (χ2n) is 16.5.